The average molecular weight is 227 g/mol. The smallest absolute Gasteiger partial charge is 0.269 e. The van der Waals surface area contributed by atoms with Crippen molar-refractivity contribution in [2.45, 2.75) is 31.3 Å². The van der Waals surface area contributed by atoms with E-state index in [-0.39, 0.29) is 11.8 Å². The third-order valence-corrected chi connectivity index (χ3v) is 2.82. The maximum absolute atomic E-state index is 10.4. The molecule has 1 rings (SSSR count). The highest BCUT2D eigenvalue weighted by Crippen LogP contribution is 2.23. The number of nitrogens with zero attached hydrogens (tertiary/aromatic N) is 1. The summed E-state index contributed by atoms with van der Waals surface area (Å²) in [4.78, 5) is 10.9. The SMILES string of the molecule is CCC(C)OSc1ccc([N+](=O)[O-])cc1. The van der Waals surface area contributed by atoms with Crippen LogP contribution in [0.5, 0.6) is 0 Å². The van der Waals surface area contributed by atoms with E-state index in [1.807, 2.05) is 13.8 Å². The van der Waals surface area contributed by atoms with Gasteiger partial charge in [-0.1, -0.05) is 6.92 Å². The number of hydrogen-bond acceptors (Lipinski definition) is 4. The zero-order chi connectivity index (χ0) is 11.3. The molecule has 1 aromatic rings. The molecule has 0 amide bonds. The van der Waals surface area contributed by atoms with Crippen LogP contribution in [0.3, 0.4) is 0 Å². The number of nitro benzene ring substituents is 1. The van der Waals surface area contributed by atoms with Crippen LogP contribution >= 0.6 is 12.0 Å². The Balaban J connectivity index is 2.53. The quantitative estimate of drug-likeness (QED) is 0.439. The summed E-state index contributed by atoms with van der Waals surface area (Å²) in [6, 6.07) is 6.32. The second-order valence-corrected chi connectivity index (χ2v) is 3.98. The average Bonchev–Trinajstić information content (AvgIpc) is 2.26. The Hall–Kier alpha value is -1.07. The van der Waals surface area contributed by atoms with Crippen molar-refractivity contribution in [3.63, 3.8) is 0 Å². The Morgan fingerprint density at radius 2 is 2.07 bits per heavy atom. The van der Waals surface area contributed by atoms with Crippen molar-refractivity contribution in [2.24, 2.45) is 0 Å². The Morgan fingerprint density at radius 1 is 1.47 bits per heavy atom. The van der Waals surface area contributed by atoms with Crippen molar-refractivity contribution >= 4 is 17.7 Å². The maximum atomic E-state index is 10.4. The van der Waals surface area contributed by atoms with E-state index in [0.717, 1.165) is 11.3 Å². The molecule has 0 aliphatic heterocycles. The number of hydrogen-bond donors (Lipinski definition) is 0. The normalized spacial score (nSPS) is 12.4. The fraction of sp³-hybridized carbons (Fsp3) is 0.400. The first kappa shape index (κ1) is 12.0. The maximum Gasteiger partial charge on any atom is 0.269 e. The van der Waals surface area contributed by atoms with Crippen LogP contribution in [0.25, 0.3) is 0 Å². The Morgan fingerprint density at radius 3 is 2.53 bits per heavy atom. The third-order valence-electron chi connectivity index (χ3n) is 1.93. The number of benzene rings is 1. The first-order valence-corrected chi connectivity index (χ1v) is 5.45. The van der Waals surface area contributed by atoms with Gasteiger partial charge in [-0.3, -0.25) is 10.1 Å². The van der Waals surface area contributed by atoms with E-state index in [4.69, 9.17) is 4.18 Å². The minimum atomic E-state index is -0.413. The molecule has 0 fully saturated rings. The molecule has 5 heteroatoms. The predicted molar refractivity (Wildman–Crippen MR) is 59.8 cm³/mol. The molecule has 0 heterocycles. The monoisotopic (exact) mass is 227 g/mol. The molecule has 0 aromatic heterocycles. The molecular formula is C10H13NO3S. The van der Waals surface area contributed by atoms with Crippen molar-refractivity contribution in [2.75, 3.05) is 0 Å². The topological polar surface area (TPSA) is 52.4 Å². The largest absolute Gasteiger partial charge is 0.307 e. The van der Waals surface area contributed by atoms with Gasteiger partial charge in [0.2, 0.25) is 0 Å². The van der Waals surface area contributed by atoms with Crippen molar-refractivity contribution in [1.29, 1.82) is 0 Å². The lowest BCUT2D eigenvalue weighted by Gasteiger charge is -2.07. The molecule has 0 bridgehead atoms. The Bertz CT molecular complexity index is 326. The van der Waals surface area contributed by atoms with E-state index < -0.39 is 4.92 Å². The zero-order valence-corrected chi connectivity index (χ0v) is 9.49. The van der Waals surface area contributed by atoms with Crippen LogP contribution in [0.4, 0.5) is 5.69 Å². The van der Waals surface area contributed by atoms with Crippen LogP contribution < -0.4 is 0 Å². The van der Waals surface area contributed by atoms with Crippen LogP contribution in [0.2, 0.25) is 0 Å². The van der Waals surface area contributed by atoms with Gasteiger partial charge in [-0.2, -0.15) is 0 Å². The minimum absolute atomic E-state index is 0.0999. The highest BCUT2D eigenvalue weighted by Gasteiger charge is 2.05. The van der Waals surface area contributed by atoms with Gasteiger partial charge in [0.1, 0.15) is 0 Å². The second kappa shape index (κ2) is 5.72. The Labute approximate surface area is 93.0 Å². The van der Waals surface area contributed by atoms with Gasteiger partial charge in [0, 0.05) is 29.1 Å². The van der Waals surface area contributed by atoms with Gasteiger partial charge in [0.05, 0.1) is 11.0 Å². The fourth-order valence-electron chi connectivity index (χ4n) is 0.829. The molecule has 1 atom stereocenters. The molecule has 1 aromatic carbocycles. The molecule has 0 N–H and O–H groups in total. The molecule has 82 valence electrons. The van der Waals surface area contributed by atoms with E-state index in [0.29, 0.717) is 0 Å². The first-order valence-electron chi connectivity index (χ1n) is 4.71. The van der Waals surface area contributed by atoms with Crippen molar-refractivity contribution in [3.8, 4) is 0 Å². The van der Waals surface area contributed by atoms with Gasteiger partial charge < -0.3 is 4.18 Å². The van der Waals surface area contributed by atoms with Crippen LogP contribution in [0.1, 0.15) is 20.3 Å². The van der Waals surface area contributed by atoms with Crippen LogP contribution in [-0.4, -0.2) is 11.0 Å². The molecule has 0 spiro atoms. The number of rotatable bonds is 5. The molecule has 4 nitrogen and oxygen atoms in total. The molecule has 15 heavy (non-hydrogen) atoms. The lowest BCUT2D eigenvalue weighted by atomic mass is 10.3. The van der Waals surface area contributed by atoms with E-state index in [9.17, 15) is 10.1 Å². The summed E-state index contributed by atoms with van der Waals surface area (Å²) in [6.07, 6.45) is 1.13. The molecule has 1 unspecified atom stereocenters. The first-order chi connectivity index (χ1) is 7.13. The summed E-state index contributed by atoms with van der Waals surface area (Å²) < 4.78 is 5.42. The molecule has 0 saturated carbocycles. The van der Waals surface area contributed by atoms with Gasteiger partial charge in [-0.25, -0.2) is 0 Å². The minimum Gasteiger partial charge on any atom is -0.307 e. The van der Waals surface area contributed by atoms with Crippen molar-refractivity contribution in [1.82, 2.24) is 0 Å². The lowest BCUT2D eigenvalue weighted by Crippen LogP contribution is -1.99. The van der Waals surface area contributed by atoms with Gasteiger partial charge in [0.15, 0.2) is 0 Å². The van der Waals surface area contributed by atoms with Crippen LogP contribution in [0, 0.1) is 10.1 Å². The van der Waals surface area contributed by atoms with Gasteiger partial charge in [0.25, 0.3) is 5.69 Å². The summed E-state index contributed by atoms with van der Waals surface area (Å²) >= 11 is 1.25. The predicted octanol–water partition coefficient (Wildman–Crippen LogP) is 3.42. The highest BCUT2D eigenvalue weighted by molar-refractivity contribution is 7.94. The van der Waals surface area contributed by atoms with Crippen LogP contribution in [0.15, 0.2) is 29.2 Å². The molecule has 0 saturated heterocycles. The second-order valence-electron chi connectivity index (χ2n) is 3.15. The van der Waals surface area contributed by atoms with E-state index in [1.54, 1.807) is 12.1 Å². The lowest BCUT2D eigenvalue weighted by molar-refractivity contribution is -0.384. The summed E-state index contributed by atoms with van der Waals surface area (Å²) in [5.74, 6) is 0. The molecular weight excluding hydrogens is 214 g/mol. The molecule has 0 radical (unpaired) electrons. The summed E-state index contributed by atoms with van der Waals surface area (Å²) in [7, 11) is 0. The summed E-state index contributed by atoms with van der Waals surface area (Å²) in [5.41, 5.74) is 0.0999. The van der Waals surface area contributed by atoms with Gasteiger partial charge in [-0.05, 0) is 25.5 Å². The fourth-order valence-corrected chi connectivity index (χ4v) is 1.49. The molecule has 0 aliphatic rings. The Kier molecular flexibility index (Phi) is 4.58. The third kappa shape index (κ3) is 3.89. The van der Waals surface area contributed by atoms with Crippen LogP contribution in [-0.2, 0) is 4.18 Å². The molecule has 0 aliphatic carbocycles. The number of non-ortho nitro benzene ring substituents is 1. The van der Waals surface area contributed by atoms with E-state index >= 15 is 0 Å². The highest BCUT2D eigenvalue weighted by atomic mass is 32.2. The summed E-state index contributed by atoms with van der Waals surface area (Å²) in [6.45, 7) is 4.03. The standard InChI is InChI=1S/C10H13NO3S/c1-3-8(2)14-15-10-6-4-9(5-7-10)11(12)13/h4-8H,3H2,1-2H3. The van der Waals surface area contributed by atoms with E-state index in [1.165, 1.54) is 24.2 Å². The van der Waals surface area contributed by atoms with E-state index in [2.05, 4.69) is 0 Å². The summed E-state index contributed by atoms with van der Waals surface area (Å²) in [5, 5.41) is 10.4. The zero-order valence-electron chi connectivity index (χ0n) is 8.67. The van der Waals surface area contributed by atoms with Gasteiger partial charge >= 0.3 is 0 Å². The van der Waals surface area contributed by atoms with Crippen molar-refractivity contribution < 1.29 is 9.11 Å². The van der Waals surface area contributed by atoms with Gasteiger partial charge in [-0.15, -0.1) is 0 Å². The van der Waals surface area contributed by atoms with Crippen molar-refractivity contribution in [3.05, 3.63) is 34.4 Å². The number of nitro groups is 1.